The van der Waals surface area contributed by atoms with Gasteiger partial charge in [0.25, 0.3) is 0 Å². The van der Waals surface area contributed by atoms with Gasteiger partial charge >= 0.3 is 11.9 Å². The lowest BCUT2D eigenvalue weighted by Gasteiger charge is -2.22. The van der Waals surface area contributed by atoms with Gasteiger partial charge in [0.2, 0.25) is 0 Å². The minimum Gasteiger partial charge on any atom is -0.462 e. The van der Waals surface area contributed by atoms with Crippen LogP contribution < -0.4 is 5.73 Å². The Hall–Kier alpha value is -1.49. The van der Waals surface area contributed by atoms with Gasteiger partial charge in [-0.25, -0.2) is 4.79 Å². The minimum absolute atomic E-state index is 0.103. The van der Waals surface area contributed by atoms with E-state index < -0.39 is 17.9 Å². The summed E-state index contributed by atoms with van der Waals surface area (Å²) in [5.41, 5.74) is 7.36. The number of benzene rings is 1. The lowest BCUT2D eigenvalue weighted by molar-refractivity contribution is -0.174. The van der Waals surface area contributed by atoms with Crippen molar-refractivity contribution in [3.05, 3.63) is 34.9 Å². The van der Waals surface area contributed by atoms with Gasteiger partial charge in [-0.3, -0.25) is 0 Å². The third kappa shape index (κ3) is 3.04. The van der Waals surface area contributed by atoms with E-state index >= 15 is 0 Å². The fourth-order valence-electron chi connectivity index (χ4n) is 1.75. The zero-order valence-corrected chi connectivity index (χ0v) is 10.7. The number of rotatable bonds is 4. The summed E-state index contributed by atoms with van der Waals surface area (Å²) in [4.78, 5) is 11.2. The maximum absolute atomic E-state index is 13.7. The molecule has 0 radical (unpaired) electrons. The van der Waals surface area contributed by atoms with Gasteiger partial charge in [0.1, 0.15) is 6.04 Å². The molecule has 0 aliphatic rings. The molecular weight excluding hydrogens is 240 g/mol. The quantitative estimate of drug-likeness (QED) is 0.843. The third-order valence-corrected chi connectivity index (χ3v) is 2.54. The van der Waals surface area contributed by atoms with Gasteiger partial charge in [0.15, 0.2) is 0 Å². The Morgan fingerprint density at radius 1 is 1.33 bits per heavy atom. The molecular formula is C13H17F2NO2. The van der Waals surface area contributed by atoms with Crippen molar-refractivity contribution in [3.63, 3.8) is 0 Å². The van der Waals surface area contributed by atoms with Crippen molar-refractivity contribution in [1.82, 2.24) is 0 Å². The molecule has 1 rings (SSSR count). The molecule has 0 amide bonds. The molecule has 1 atom stereocenters. The Kier molecular flexibility index (Phi) is 4.40. The number of carbonyl (C=O) groups excluding carboxylic acids is 1. The van der Waals surface area contributed by atoms with Crippen LogP contribution in [0.4, 0.5) is 8.78 Å². The molecule has 3 nitrogen and oxygen atoms in total. The minimum atomic E-state index is -3.73. The van der Waals surface area contributed by atoms with E-state index in [9.17, 15) is 13.6 Å². The molecule has 2 N–H and O–H groups in total. The number of esters is 1. The van der Waals surface area contributed by atoms with Crippen molar-refractivity contribution in [2.24, 2.45) is 5.73 Å². The van der Waals surface area contributed by atoms with E-state index in [2.05, 4.69) is 4.74 Å². The van der Waals surface area contributed by atoms with Crippen molar-refractivity contribution in [3.8, 4) is 0 Å². The summed E-state index contributed by atoms with van der Waals surface area (Å²) in [6.45, 7) is 4.93. The Bertz CT molecular complexity index is 426. The Morgan fingerprint density at radius 3 is 2.28 bits per heavy atom. The van der Waals surface area contributed by atoms with Crippen LogP contribution in [0.5, 0.6) is 0 Å². The van der Waals surface area contributed by atoms with Crippen LogP contribution in [0.3, 0.4) is 0 Å². The normalized spacial score (nSPS) is 13.2. The molecule has 0 spiro atoms. The van der Waals surface area contributed by atoms with Crippen LogP contribution in [0.2, 0.25) is 0 Å². The third-order valence-electron chi connectivity index (χ3n) is 2.54. The molecule has 0 aromatic heterocycles. The summed E-state index contributed by atoms with van der Waals surface area (Å²) in [6, 6.07) is 3.24. The monoisotopic (exact) mass is 257 g/mol. The molecule has 5 heteroatoms. The predicted octanol–water partition coefficient (Wildman–Crippen LogP) is 2.50. The zero-order chi connectivity index (χ0) is 13.9. The number of hydrogen-bond acceptors (Lipinski definition) is 3. The largest absolute Gasteiger partial charge is 0.462 e. The number of ether oxygens (including phenoxy) is 1. The maximum atomic E-state index is 13.7. The Balaban J connectivity index is 3.04. The molecule has 0 heterocycles. The summed E-state index contributed by atoms with van der Waals surface area (Å²) < 4.78 is 31.8. The Labute approximate surface area is 105 Å². The average molecular weight is 257 g/mol. The molecule has 100 valence electrons. The molecule has 0 saturated carbocycles. The Morgan fingerprint density at radius 2 is 1.83 bits per heavy atom. The summed E-state index contributed by atoms with van der Waals surface area (Å²) in [7, 11) is 0. The van der Waals surface area contributed by atoms with Crippen LogP contribution in [0.1, 0.15) is 29.7 Å². The molecule has 0 saturated heterocycles. The summed E-state index contributed by atoms with van der Waals surface area (Å²) in [6.07, 6.45) is 0. The molecule has 1 aromatic carbocycles. The number of halogens is 2. The molecule has 1 aromatic rings. The molecule has 18 heavy (non-hydrogen) atoms. The predicted molar refractivity (Wildman–Crippen MR) is 64.4 cm³/mol. The van der Waals surface area contributed by atoms with Crippen LogP contribution in [-0.4, -0.2) is 18.5 Å². The zero-order valence-electron chi connectivity index (χ0n) is 10.7. The highest BCUT2D eigenvalue weighted by Crippen LogP contribution is 2.31. The smallest absolute Gasteiger partial charge is 0.379 e. The first-order valence-corrected chi connectivity index (χ1v) is 5.67. The second-order valence-electron chi connectivity index (χ2n) is 4.24. The van der Waals surface area contributed by atoms with Crippen molar-refractivity contribution in [2.45, 2.75) is 32.7 Å². The van der Waals surface area contributed by atoms with Crippen molar-refractivity contribution >= 4 is 5.97 Å². The highest BCUT2D eigenvalue weighted by atomic mass is 19.3. The van der Waals surface area contributed by atoms with Gasteiger partial charge in [-0.2, -0.15) is 8.78 Å². The summed E-state index contributed by atoms with van der Waals surface area (Å²) in [5.74, 6) is -5.31. The maximum Gasteiger partial charge on any atom is 0.379 e. The molecule has 0 bridgehead atoms. The number of carbonyl (C=O) groups is 1. The van der Waals surface area contributed by atoms with E-state index in [1.807, 2.05) is 6.07 Å². The highest BCUT2D eigenvalue weighted by molar-refractivity contribution is 5.78. The second-order valence-corrected chi connectivity index (χ2v) is 4.24. The highest BCUT2D eigenvalue weighted by Gasteiger charge is 2.47. The van der Waals surface area contributed by atoms with Crippen molar-refractivity contribution in [2.75, 3.05) is 6.61 Å². The van der Waals surface area contributed by atoms with E-state index in [1.165, 1.54) is 6.92 Å². The first kappa shape index (κ1) is 14.6. The average Bonchev–Trinajstić information content (AvgIpc) is 2.26. The molecule has 0 aliphatic carbocycles. The summed E-state index contributed by atoms with van der Waals surface area (Å²) in [5, 5.41) is 0. The van der Waals surface area contributed by atoms with Crippen LogP contribution in [0, 0.1) is 13.8 Å². The van der Waals surface area contributed by atoms with Gasteiger partial charge < -0.3 is 10.5 Å². The van der Waals surface area contributed by atoms with Crippen LogP contribution in [0.25, 0.3) is 0 Å². The van der Waals surface area contributed by atoms with Gasteiger partial charge in [0.05, 0.1) is 6.61 Å². The SMILES string of the molecule is CCOC(=O)C(F)(F)[C@@H](N)c1cc(C)cc(C)c1. The lowest BCUT2D eigenvalue weighted by Crippen LogP contribution is -2.41. The van der Waals surface area contributed by atoms with E-state index in [0.717, 1.165) is 11.1 Å². The number of alkyl halides is 2. The fourth-order valence-corrected chi connectivity index (χ4v) is 1.75. The van der Waals surface area contributed by atoms with Gasteiger partial charge in [0, 0.05) is 0 Å². The van der Waals surface area contributed by atoms with Crippen molar-refractivity contribution < 1.29 is 18.3 Å². The topological polar surface area (TPSA) is 52.3 Å². The van der Waals surface area contributed by atoms with Crippen LogP contribution >= 0.6 is 0 Å². The molecule has 0 aliphatic heterocycles. The van der Waals surface area contributed by atoms with E-state index in [-0.39, 0.29) is 12.2 Å². The van der Waals surface area contributed by atoms with E-state index in [0.29, 0.717) is 0 Å². The molecule has 0 unspecified atom stereocenters. The lowest BCUT2D eigenvalue weighted by atomic mass is 9.97. The molecule has 0 fully saturated rings. The van der Waals surface area contributed by atoms with Gasteiger partial charge in [-0.05, 0) is 26.3 Å². The number of nitrogens with two attached hydrogens (primary N) is 1. The van der Waals surface area contributed by atoms with Gasteiger partial charge in [-0.1, -0.05) is 29.3 Å². The first-order chi connectivity index (χ1) is 8.28. The number of aryl methyl sites for hydroxylation is 2. The van der Waals surface area contributed by atoms with Crippen LogP contribution in [-0.2, 0) is 9.53 Å². The summed E-state index contributed by atoms with van der Waals surface area (Å²) >= 11 is 0. The van der Waals surface area contributed by atoms with Crippen molar-refractivity contribution in [1.29, 1.82) is 0 Å². The number of hydrogen-bond donors (Lipinski definition) is 1. The van der Waals surface area contributed by atoms with Crippen LogP contribution in [0.15, 0.2) is 18.2 Å². The fraction of sp³-hybridized carbons (Fsp3) is 0.462. The van der Waals surface area contributed by atoms with E-state index in [4.69, 9.17) is 5.73 Å². The standard InChI is InChI=1S/C13H17F2NO2/c1-4-18-12(17)13(14,15)11(16)10-6-8(2)5-9(3)7-10/h5-7,11H,4,16H2,1-3H3/t11-/m0/s1. The van der Waals surface area contributed by atoms with Gasteiger partial charge in [-0.15, -0.1) is 0 Å². The van der Waals surface area contributed by atoms with E-state index in [1.54, 1.807) is 26.0 Å². The second kappa shape index (κ2) is 5.44. The first-order valence-electron chi connectivity index (χ1n) is 5.67.